The van der Waals surface area contributed by atoms with Crippen molar-refractivity contribution in [3.05, 3.63) is 52.4 Å². The molecule has 0 aliphatic carbocycles. The van der Waals surface area contributed by atoms with Crippen molar-refractivity contribution < 1.29 is 0 Å². The van der Waals surface area contributed by atoms with Crippen LogP contribution in [0.2, 0.25) is 0 Å². The van der Waals surface area contributed by atoms with Gasteiger partial charge in [-0.15, -0.1) is 11.3 Å². The lowest BCUT2D eigenvalue weighted by molar-refractivity contribution is 0.306. The second-order valence-corrected chi connectivity index (χ2v) is 6.55. The lowest BCUT2D eigenvalue weighted by Crippen LogP contribution is -2.23. The van der Waals surface area contributed by atoms with Gasteiger partial charge in [-0.1, -0.05) is 13.0 Å². The number of pyridine rings is 1. The predicted octanol–water partition coefficient (Wildman–Crippen LogP) is 3.33. The van der Waals surface area contributed by atoms with Gasteiger partial charge in [-0.3, -0.25) is 4.90 Å². The maximum atomic E-state index is 4.73. The normalized spacial score (nSPS) is 13.1. The van der Waals surface area contributed by atoms with Gasteiger partial charge in [0.2, 0.25) is 0 Å². The Morgan fingerprint density at radius 3 is 3.00 bits per heavy atom. The number of aryl methyl sites for hydroxylation is 1. The molecule has 3 heterocycles. The number of thiazole rings is 1. The van der Waals surface area contributed by atoms with Crippen molar-refractivity contribution >= 4 is 17.0 Å². The van der Waals surface area contributed by atoms with Crippen LogP contribution < -0.4 is 0 Å². The minimum Gasteiger partial charge on any atom is -0.307 e. The summed E-state index contributed by atoms with van der Waals surface area (Å²) in [5, 5.41) is 3.24. The molecule has 3 aromatic heterocycles. The number of rotatable bonds is 5. The Labute approximate surface area is 129 Å². The quantitative estimate of drug-likeness (QED) is 0.724. The van der Waals surface area contributed by atoms with E-state index in [1.807, 2.05) is 11.6 Å². The molecule has 110 valence electrons. The Morgan fingerprint density at radius 1 is 1.43 bits per heavy atom. The molecule has 0 amide bonds. The van der Waals surface area contributed by atoms with E-state index in [-0.39, 0.29) is 0 Å². The Morgan fingerprint density at radius 2 is 2.29 bits per heavy atom. The number of likely N-dealkylation sites (N-methyl/N-ethyl adjacent to an activating group) is 1. The zero-order valence-corrected chi connectivity index (χ0v) is 13.5. The zero-order chi connectivity index (χ0) is 14.8. The number of nitrogens with zero attached hydrogens (tertiary/aromatic N) is 4. The number of hydrogen-bond donors (Lipinski definition) is 0. The smallest absolute Gasteiger partial charge is 0.139 e. The second-order valence-electron chi connectivity index (χ2n) is 5.62. The van der Waals surface area contributed by atoms with E-state index in [9.17, 15) is 0 Å². The molecular formula is C16H20N4S. The first-order valence-electron chi connectivity index (χ1n) is 7.14. The molecule has 5 heteroatoms. The summed E-state index contributed by atoms with van der Waals surface area (Å²) >= 11 is 1.73. The zero-order valence-electron chi connectivity index (χ0n) is 12.7. The molecule has 4 nitrogen and oxygen atoms in total. The third-order valence-electron chi connectivity index (χ3n) is 3.62. The van der Waals surface area contributed by atoms with Crippen molar-refractivity contribution in [1.82, 2.24) is 19.3 Å². The summed E-state index contributed by atoms with van der Waals surface area (Å²) in [5.74, 6) is 0.453. The van der Waals surface area contributed by atoms with Gasteiger partial charge >= 0.3 is 0 Å². The minimum absolute atomic E-state index is 0.453. The molecule has 0 saturated carbocycles. The van der Waals surface area contributed by atoms with Crippen molar-refractivity contribution in [3.8, 4) is 0 Å². The van der Waals surface area contributed by atoms with Crippen LogP contribution in [-0.2, 0) is 6.54 Å². The fourth-order valence-electron chi connectivity index (χ4n) is 2.65. The molecule has 0 fully saturated rings. The minimum atomic E-state index is 0.453. The highest BCUT2D eigenvalue weighted by Gasteiger charge is 2.13. The van der Waals surface area contributed by atoms with E-state index in [0.29, 0.717) is 5.92 Å². The largest absolute Gasteiger partial charge is 0.307 e. The van der Waals surface area contributed by atoms with Crippen LogP contribution in [0.1, 0.15) is 29.1 Å². The maximum Gasteiger partial charge on any atom is 0.139 e. The number of aromatic nitrogens is 3. The van der Waals surface area contributed by atoms with Gasteiger partial charge < -0.3 is 4.40 Å². The van der Waals surface area contributed by atoms with Crippen molar-refractivity contribution in [2.75, 3.05) is 13.6 Å². The summed E-state index contributed by atoms with van der Waals surface area (Å²) in [7, 11) is 2.14. The van der Waals surface area contributed by atoms with Crippen LogP contribution in [0.5, 0.6) is 0 Å². The summed E-state index contributed by atoms with van der Waals surface area (Å²) in [5.41, 5.74) is 3.37. The van der Waals surface area contributed by atoms with E-state index in [1.54, 1.807) is 11.3 Å². The molecule has 0 aromatic carbocycles. The van der Waals surface area contributed by atoms with Crippen LogP contribution >= 0.6 is 11.3 Å². The van der Waals surface area contributed by atoms with Crippen molar-refractivity contribution in [3.63, 3.8) is 0 Å². The monoisotopic (exact) mass is 300 g/mol. The molecule has 0 aliphatic rings. The Balaban J connectivity index is 1.68. The van der Waals surface area contributed by atoms with E-state index in [0.717, 1.165) is 24.4 Å². The van der Waals surface area contributed by atoms with Crippen LogP contribution in [0.4, 0.5) is 0 Å². The van der Waals surface area contributed by atoms with E-state index in [4.69, 9.17) is 4.98 Å². The fraction of sp³-hybridized carbons (Fsp3) is 0.375. The number of fused-ring (bicyclic) bond motifs is 1. The standard InChI is InChI=1S/C16H20N4S/c1-12-5-4-7-20-11-14(18-15(12)20)10-19(3)9-13(2)16-17-6-8-21-16/h4-8,11,13H,9-10H2,1-3H3/t13-/m0/s1. The lowest BCUT2D eigenvalue weighted by atomic mass is 10.2. The molecule has 21 heavy (non-hydrogen) atoms. The predicted molar refractivity (Wildman–Crippen MR) is 86.8 cm³/mol. The molecule has 3 aromatic rings. The Hall–Kier alpha value is -1.72. The molecule has 0 radical (unpaired) electrons. The van der Waals surface area contributed by atoms with Gasteiger partial charge in [0.25, 0.3) is 0 Å². The maximum absolute atomic E-state index is 4.73. The van der Waals surface area contributed by atoms with Gasteiger partial charge in [-0.05, 0) is 25.6 Å². The summed E-state index contributed by atoms with van der Waals surface area (Å²) in [4.78, 5) is 11.4. The van der Waals surface area contributed by atoms with Crippen LogP contribution in [-0.4, -0.2) is 32.9 Å². The first-order valence-corrected chi connectivity index (χ1v) is 8.02. The van der Waals surface area contributed by atoms with Gasteiger partial charge in [0.15, 0.2) is 0 Å². The molecule has 0 bridgehead atoms. The Kier molecular flexibility index (Phi) is 4.03. The van der Waals surface area contributed by atoms with Crippen molar-refractivity contribution in [2.45, 2.75) is 26.3 Å². The SMILES string of the molecule is Cc1cccn2cc(CN(C)C[C@H](C)c3nccs3)nc12. The van der Waals surface area contributed by atoms with Gasteiger partial charge in [0.1, 0.15) is 5.65 Å². The highest BCUT2D eigenvalue weighted by molar-refractivity contribution is 7.09. The van der Waals surface area contributed by atoms with Gasteiger partial charge in [0, 0.05) is 43.0 Å². The van der Waals surface area contributed by atoms with Crippen LogP contribution in [0.3, 0.4) is 0 Å². The molecule has 0 N–H and O–H groups in total. The third kappa shape index (κ3) is 3.14. The average molecular weight is 300 g/mol. The van der Waals surface area contributed by atoms with Gasteiger partial charge in [-0.25, -0.2) is 9.97 Å². The van der Waals surface area contributed by atoms with E-state index in [2.05, 4.69) is 59.7 Å². The topological polar surface area (TPSA) is 33.4 Å². The first kappa shape index (κ1) is 14.2. The summed E-state index contributed by atoms with van der Waals surface area (Å²) in [6, 6.07) is 4.16. The van der Waals surface area contributed by atoms with E-state index in [1.165, 1.54) is 10.6 Å². The summed E-state index contributed by atoms with van der Waals surface area (Å²) < 4.78 is 2.10. The molecule has 0 spiro atoms. The second kappa shape index (κ2) is 5.95. The fourth-order valence-corrected chi connectivity index (χ4v) is 3.33. The highest BCUT2D eigenvalue weighted by atomic mass is 32.1. The van der Waals surface area contributed by atoms with Gasteiger partial charge in [-0.2, -0.15) is 0 Å². The Bertz CT molecular complexity index is 717. The third-order valence-corrected chi connectivity index (χ3v) is 4.63. The molecule has 3 rings (SSSR count). The number of imidazole rings is 1. The molecule has 0 saturated heterocycles. The van der Waals surface area contributed by atoms with Crippen LogP contribution in [0, 0.1) is 6.92 Å². The average Bonchev–Trinajstić information content (AvgIpc) is 3.07. The van der Waals surface area contributed by atoms with Crippen molar-refractivity contribution in [1.29, 1.82) is 0 Å². The molecule has 0 aliphatic heterocycles. The summed E-state index contributed by atoms with van der Waals surface area (Å²) in [6.07, 6.45) is 6.05. The van der Waals surface area contributed by atoms with E-state index >= 15 is 0 Å². The summed E-state index contributed by atoms with van der Waals surface area (Å²) in [6.45, 7) is 6.17. The molecular weight excluding hydrogens is 280 g/mol. The van der Waals surface area contributed by atoms with Crippen molar-refractivity contribution in [2.24, 2.45) is 0 Å². The first-order chi connectivity index (χ1) is 10.1. The lowest BCUT2D eigenvalue weighted by Gasteiger charge is -2.18. The molecule has 0 unspecified atom stereocenters. The van der Waals surface area contributed by atoms with Crippen LogP contribution in [0.25, 0.3) is 5.65 Å². The van der Waals surface area contributed by atoms with E-state index < -0.39 is 0 Å². The molecule has 1 atom stereocenters. The highest BCUT2D eigenvalue weighted by Crippen LogP contribution is 2.19. The number of hydrogen-bond acceptors (Lipinski definition) is 4. The van der Waals surface area contributed by atoms with Crippen LogP contribution in [0.15, 0.2) is 36.1 Å². The van der Waals surface area contributed by atoms with Gasteiger partial charge in [0.05, 0.1) is 10.7 Å².